The minimum Gasteiger partial charge on any atom is -0.371 e. The molecule has 1 rings (SSSR count). The van der Waals surface area contributed by atoms with Gasteiger partial charge in [0.25, 0.3) is 5.56 Å². The molecule has 0 radical (unpaired) electrons. The molecule has 106 valence electrons. The molecule has 0 saturated carbocycles. The summed E-state index contributed by atoms with van der Waals surface area (Å²) in [7, 11) is 3.80. The Bertz CT molecular complexity index is 514. The molecule has 8 heteroatoms. The first-order valence-corrected chi connectivity index (χ1v) is 6.17. The molecule has 1 unspecified atom stereocenters. The molecule has 1 atom stereocenters. The zero-order chi connectivity index (χ0) is 14.6. The van der Waals surface area contributed by atoms with Gasteiger partial charge in [0.1, 0.15) is 11.1 Å². The highest BCUT2D eigenvalue weighted by Crippen LogP contribution is 2.16. The van der Waals surface area contributed by atoms with Gasteiger partial charge in [0.05, 0.1) is 18.4 Å². The lowest BCUT2D eigenvalue weighted by molar-refractivity contribution is -0.118. The first kappa shape index (κ1) is 15.5. The number of primary amides is 1. The molecule has 0 aliphatic heterocycles. The van der Waals surface area contributed by atoms with Gasteiger partial charge < -0.3 is 16.0 Å². The van der Waals surface area contributed by atoms with Crippen molar-refractivity contribution in [3.8, 4) is 0 Å². The summed E-state index contributed by atoms with van der Waals surface area (Å²) in [5, 5.41) is 6.75. The standard InChI is InChI=1S/C11H18ClN5O2/c1-7(10(13)18)15-8-6-14-17(5-4-16(2)3)11(19)9(8)12/h6-7,15H,4-5H2,1-3H3,(H2,13,18). The molecule has 0 spiro atoms. The van der Waals surface area contributed by atoms with Gasteiger partial charge in [-0.25, -0.2) is 4.68 Å². The van der Waals surface area contributed by atoms with E-state index in [0.717, 1.165) is 0 Å². The number of nitrogens with one attached hydrogen (secondary N) is 1. The fourth-order valence-electron chi connectivity index (χ4n) is 1.32. The number of carbonyl (C=O) groups excluding carboxylic acids is 1. The first-order chi connectivity index (χ1) is 8.82. The molecule has 0 bridgehead atoms. The summed E-state index contributed by atoms with van der Waals surface area (Å²) in [5.74, 6) is -0.534. The van der Waals surface area contributed by atoms with Gasteiger partial charge in [0.15, 0.2) is 0 Å². The van der Waals surface area contributed by atoms with Gasteiger partial charge in [0.2, 0.25) is 5.91 Å². The Morgan fingerprint density at radius 1 is 1.63 bits per heavy atom. The van der Waals surface area contributed by atoms with Crippen LogP contribution in [0.1, 0.15) is 6.92 Å². The lowest BCUT2D eigenvalue weighted by Crippen LogP contribution is -2.34. The van der Waals surface area contributed by atoms with Gasteiger partial charge in [0, 0.05) is 6.54 Å². The van der Waals surface area contributed by atoms with Crippen LogP contribution in [0.3, 0.4) is 0 Å². The Morgan fingerprint density at radius 2 is 2.26 bits per heavy atom. The van der Waals surface area contributed by atoms with Crippen molar-refractivity contribution in [1.29, 1.82) is 0 Å². The van der Waals surface area contributed by atoms with Crippen molar-refractivity contribution in [3.63, 3.8) is 0 Å². The second kappa shape index (κ2) is 6.53. The van der Waals surface area contributed by atoms with E-state index in [1.54, 1.807) is 6.92 Å². The van der Waals surface area contributed by atoms with Crippen LogP contribution in [0.25, 0.3) is 0 Å². The predicted molar refractivity (Wildman–Crippen MR) is 74.3 cm³/mol. The molecule has 0 aliphatic rings. The van der Waals surface area contributed by atoms with Crippen LogP contribution < -0.4 is 16.6 Å². The van der Waals surface area contributed by atoms with Crippen molar-refractivity contribution in [2.45, 2.75) is 19.5 Å². The van der Waals surface area contributed by atoms with E-state index >= 15 is 0 Å². The molecule has 1 heterocycles. The average Bonchev–Trinajstić information content (AvgIpc) is 2.33. The Kier molecular flexibility index (Phi) is 5.31. The number of nitrogens with two attached hydrogens (primary N) is 1. The van der Waals surface area contributed by atoms with E-state index in [4.69, 9.17) is 17.3 Å². The molecule has 19 heavy (non-hydrogen) atoms. The molecule has 0 aromatic carbocycles. The zero-order valence-corrected chi connectivity index (χ0v) is 11.9. The number of hydrogen-bond acceptors (Lipinski definition) is 5. The van der Waals surface area contributed by atoms with Crippen LogP contribution in [0.5, 0.6) is 0 Å². The maximum atomic E-state index is 11.9. The summed E-state index contributed by atoms with van der Waals surface area (Å²) in [6, 6.07) is -0.628. The highest BCUT2D eigenvalue weighted by atomic mass is 35.5. The number of likely N-dealkylation sites (N-methyl/N-ethyl adjacent to an activating group) is 1. The van der Waals surface area contributed by atoms with Gasteiger partial charge in [-0.05, 0) is 21.0 Å². The van der Waals surface area contributed by atoms with Crippen LogP contribution in [-0.4, -0.2) is 47.3 Å². The molecular formula is C11H18ClN5O2. The minimum atomic E-state index is -0.628. The first-order valence-electron chi connectivity index (χ1n) is 5.79. The summed E-state index contributed by atoms with van der Waals surface area (Å²) >= 11 is 5.96. The molecule has 3 N–H and O–H groups in total. The van der Waals surface area contributed by atoms with Gasteiger partial charge in [-0.2, -0.15) is 5.10 Å². The number of halogens is 1. The predicted octanol–water partition coefficient (Wildman–Crippen LogP) is -0.256. The fraction of sp³-hybridized carbons (Fsp3) is 0.545. The quantitative estimate of drug-likeness (QED) is 0.752. The fourth-order valence-corrected chi connectivity index (χ4v) is 1.52. The van der Waals surface area contributed by atoms with Crippen LogP contribution >= 0.6 is 11.6 Å². The molecule has 1 amide bonds. The van der Waals surface area contributed by atoms with Crippen molar-refractivity contribution >= 4 is 23.2 Å². The summed E-state index contributed by atoms with van der Waals surface area (Å²) < 4.78 is 1.28. The second-order valence-corrected chi connectivity index (χ2v) is 4.85. The SMILES string of the molecule is CC(Nc1cnn(CCN(C)C)c(=O)c1Cl)C(N)=O. The Labute approximate surface area is 116 Å². The van der Waals surface area contributed by atoms with Crippen molar-refractivity contribution in [1.82, 2.24) is 14.7 Å². The van der Waals surface area contributed by atoms with Crippen molar-refractivity contribution in [2.24, 2.45) is 5.73 Å². The van der Waals surface area contributed by atoms with Crippen molar-refractivity contribution < 1.29 is 4.79 Å². The highest BCUT2D eigenvalue weighted by molar-refractivity contribution is 6.33. The lowest BCUT2D eigenvalue weighted by Gasteiger charge is -2.14. The third-order valence-electron chi connectivity index (χ3n) is 2.54. The van der Waals surface area contributed by atoms with E-state index in [-0.39, 0.29) is 5.02 Å². The summed E-state index contributed by atoms with van der Waals surface area (Å²) in [6.45, 7) is 2.70. The smallest absolute Gasteiger partial charge is 0.287 e. The largest absolute Gasteiger partial charge is 0.371 e. The summed E-state index contributed by atoms with van der Waals surface area (Å²) in [5.41, 5.74) is 5.04. The number of aromatic nitrogens is 2. The van der Waals surface area contributed by atoms with E-state index in [1.807, 2.05) is 19.0 Å². The van der Waals surface area contributed by atoms with Crippen LogP contribution in [0.4, 0.5) is 5.69 Å². The van der Waals surface area contributed by atoms with Crippen LogP contribution in [-0.2, 0) is 11.3 Å². The normalized spacial score (nSPS) is 12.5. The topological polar surface area (TPSA) is 93.2 Å². The monoisotopic (exact) mass is 287 g/mol. The Balaban J connectivity index is 2.91. The van der Waals surface area contributed by atoms with Crippen LogP contribution in [0.15, 0.2) is 11.0 Å². The van der Waals surface area contributed by atoms with E-state index < -0.39 is 17.5 Å². The molecule has 1 aromatic rings. The number of hydrogen-bond donors (Lipinski definition) is 2. The van der Waals surface area contributed by atoms with E-state index in [1.165, 1.54) is 10.9 Å². The van der Waals surface area contributed by atoms with Gasteiger partial charge >= 0.3 is 0 Å². The molecule has 7 nitrogen and oxygen atoms in total. The average molecular weight is 288 g/mol. The molecule has 1 aromatic heterocycles. The van der Waals surface area contributed by atoms with Gasteiger partial charge in [-0.1, -0.05) is 11.6 Å². The minimum absolute atomic E-state index is 0.00172. The number of anilines is 1. The van der Waals surface area contributed by atoms with Crippen LogP contribution in [0, 0.1) is 0 Å². The third-order valence-corrected chi connectivity index (χ3v) is 2.91. The van der Waals surface area contributed by atoms with Gasteiger partial charge in [-0.15, -0.1) is 0 Å². The Morgan fingerprint density at radius 3 is 2.79 bits per heavy atom. The van der Waals surface area contributed by atoms with Crippen molar-refractivity contribution in [3.05, 3.63) is 21.6 Å². The zero-order valence-electron chi connectivity index (χ0n) is 11.2. The summed E-state index contributed by atoms with van der Waals surface area (Å²) in [6.07, 6.45) is 1.42. The second-order valence-electron chi connectivity index (χ2n) is 4.47. The maximum absolute atomic E-state index is 11.9. The third kappa shape index (κ3) is 4.22. The molecule has 0 saturated heterocycles. The molecular weight excluding hydrogens is 270 g/mol. The lowest BCUT2D eigenvalue weighted by atomic mass is 10.3. The number of rotatable bonds is 6. The number of nitrogens with zero attached hydrogens (tertiary/aromatic N) is 3. The van der Waals surface area contributed by atoms with Crippen molar-refractivity contribution in [2.75, 3.05) is 26.0 Å². The summed E-state index contributed by atoms with van der Waals surface area (Å²) in [4.78, 5) is 24.8. The van der Waals surface area contributed by atoms with E-state index in [0.29, 0.717) is 18.8 Å². The van der Waals surface area contributed by atoms with E-state index in [2.05, 4.69) is 10.4 Å². The highest BCUT2D eigenvalue weighted by Gasteiger charge is 2.14. The van der Waals surface area contributed by atoms with E-state index in [9.17, 15) is 9.59 Å². The van der Waals surface area contributed by atoms with Crippen LogP contribution in [0.2, 0.25) is 5.02 Å². The number of carbonyl (C=O) groups is 1. The maximum Gasteiger partial charge on any atom is 0.287 e. The molecule has 0 aliphatic carbocycles. The number of amides is 1. The Hall–Kier alpha value is -1.60. The molecule has 0 fully saturated rings. The van der Waals surface area contributed by atoms with Gasteiger partial charge in [-0.3, -0.25) is 9.59 Å².